The highest BCUT2D eigenvalue weighted by Crippen LogP contribution is 2.60. The van der Waals surface area contributed by atoms with Gasteiger partial charge in [0, 0.05) is 23.4 Å². The van der Waals surface area contributed by atoms with Crippen molar-refractivity contribution in [3.63, 3.8) is 0 Å². The molecule has 1 N–H and O–H groups in total. The largest absolute Gasteiger partial charge is 0.356 e. The lowest BCUT2D eigenvalue weighted by atomic mass is 9.49. The lowest BCUT2D eigenvalue weighted by Gasteiger charge is -2.55. The quantitative estimate of drug-likeness (QED) is 0.351. The van der Waals surface area contributed by atoms with Crippen molar-refractivity contribution in [1.29, 1.82) is 0 Å². The van der Waals surface area contributed by atoms with E-state index in [1.54, 1.807) is 0 Å². The second-order valence-electron chi connectivity index (χ2n) is 6.76. The molecule has 4 bridgehead atoms. The summed E-state index contributed by atoms with van der Waals surface area (Å²) in [5.41, 5.74) is 8.15. The number of azide groups is 1. The fourth-order valence-corrected chi connectivity index (χ4v) is 4.97. The first-order chi connectivity index (χ1) is 9.22. The highest BCUT2D eigenvalue weighted by molar-refractivity contribution is 5.83. The van der Waals surface area contributed by atoms with Crippen LogP contribution in [0.15, 0.2) is 5.11 Å². The molecule has 0 spiro atoms. The topological polar surface area (TPSA) is 77.9 Å². The van der Waals surface area contributed by atoms with Crippen LogP contribution in [-0.2, 0) is 4.79 Å². The summed E-state index contributed by atoms with van der Waals surface area (Å²) in [6.07, 6.45) is 8.17. The smallest absolute Gasteiger partial charge is 0.226 e. The molecule has 0 radical (unpaired) electrons. The van der Waals surface area contributed by atoms with Gasteiger partial charge in [-0.3, -0.25) is 4.79 Å². The number of nitrogens with one attached hydrogen (secondary N) is 1. The van der Waals surface area contributed by atoms with Crippen molar-refractivity contribution in [3.05, 3.63) is 10.4 Å². The van der Waals surface area contributed by atoms with E-state index in [-0.39, 0.29) is 11.3 Å². The Kier molecular flexibility index (Phi) is 3.40. The first-order valence-corrected chi connectivity index (χ1v) is 7.51. The average molecular weight is 262 g/mol. The van der Waals surface area contributed by atoms with Gasteiger partial charge in [-0.15, -0.1) is 0 Å². The zero-order valence-electron chi connectivity index (χ0n) is 11.3. The zero-order chi connectivity index (χ0) is 13.3. The molecular formula is C14H22N4O. The van der Waals surface area contributed by atoms with Crippen LogP contribution >= 0.6 is 0 Å². The highest BCUT2D eigenvalue weighted by Gasteiger charge is 2.54. The van der Waals surface area contributed by atoms with Gasteiger partial charge >= 0.3 is 0 Å². The normalized spacial score (nSPS) is 38.8. The van der Waals surface area contributed by atoms with Crippen molar-refractivity contribution in [2.45, 2.75) is 44.9 Å². The van der Waals surface area contributed by atoms with Gasteiger partial charge in [0.2, 0.25) is 5.91 Å². The minimum absolute atomic E-state index is 0.0484. The number of rotatable bonds is 5. The fourth-order valence-electron chi connectivity index (χ4n) is 4.97. The predicted molar refractivity (Wildman–Crippen MR) is 72.2 cm³/mol. The van der Waals surface area contributed by atoms with E-state index in [9.17, 15) is 4.79 Å². The van der Waals surface area contributed by atoms with Crippen molar-refractivity contribution in [2.75, 3.05) is 13.1 Å². The monoisotopic (exact) mass is 262 g/mol. The molecule has 0 saturated heterocycles. The third kappa shape index (κ3) is 2.44. The Bertz CT molecular complexity index is 378. The summed E-state index contributed by atoms with van der Waals surface area (Å²) in [6, 6.07) is 0. The number of carbonyl (C=O) groups is 1. The molecule has 19 heavy (non-hydrogen) atoms. The van der Waals surface area contributed by atoms with Crippen LogP contribution in [0.25, 0.3) is 10.4 Å². The van der Waals surface area contributed by atoms with Crippen LogP contribution in [0.1, 0.15) is 44.9 Å². The van der Waals surface area contributed by atoms with Crippen LogP contribution in [0.3, 0.4) is 0 Å². The summed E-state index contributed by atoms with van der Waals surface area (Å²) in [5.74, 6) is 2.69. The first kappa shape index (κ1) is 12.8. The van der Waals surface area contributed by atoms with E-state index >= 15 is 0 Å². The van der Waals surface area contributed by atoms with E-state index in [4.69, 9.17) is 5.53 Å². The zero-order valence-corrected chi connectivity index (χ0v) is 11.3. The maximum absolute atomic E-state index is 12.5. The summed E-state index contributed by atoms with van der Waals surface area (Å²) in [7, 11) is 0. The van der Waals surface area contributed by atoms with Gasteiger partial charge in [0.05, 0.1) is 0 Å². The lowest BCUT2D eigenvalue weighted by Crippen LogP contribution is -2.53. The van der Waals surface area contributed by atoms with Gasteiger partial charge in [-0.2, -0.15) is 0 Å². The molecule has 4 fully saturated rings. The maximum Gasteiger partial charge on any atom is 0.226 e. The molecule has 0 unspecified atom stereocenters. The van der Waals surface area contributed by atoms with Crippen LogP contribution in [0, 0.1) is 23.2 Å². The molecule has 4 saturated carbocycles. The van der Waals surface area contributed by atoms with Crippen LogP contribution in [0.2, 0.25) is 0 Å². The Balaban J connectivity index is 1.55. The Morgan fingerprint density at radius 3 is 2.32 bits per heavy atom. The second-order valence-corrected chi connectivity index (χ2v) is 6.76. The maximum atomic E-state index is 12.5. The molecule has 0 heterocycles. The second kappa shape index (κ2) is 5.04. The predicted octanol–water partition coefficient (Wildman–Crippen LogP) is 3.02. The lowest BCUT2D eigenvalue weighted by molar-refractivity contribution is -0.146. The summed E-state index contributed by atoms with van der Waals surface area (Å²) >= 11 is 0. The van der Waals surface area contributed by atoms with E-state index in [1.807, 2.05) is 0 Å². The number of nitrogens with zero attached hydrogens (tertiary/aromatic N) is 3. The van der Waals surface area contributed by atoms with E-state index in [0.29, 0.717) is 13.1 Å². The van der Waals surface area contributed by atoms with Crippen LogP contribution in [0.4, 0.5) is 0 Å². The molecule has 4 rings (SSSR count). The molecule has 5 heteroatoms. The minimum atomic E-state index is -0.0484. The van der Waals surface area contributed by atoms with Crippen molar-refractivity contribution in [2.24, 2.45) is 28.3 Å². The Morgan fingerprint density at radius 1 is 1.21 bits per heavy atom. The van der Waals surface area contributed by atoms with Gasteiger partial charge in [-0.25, -0.2) is 0 Å². The van der Waals surface area contributed by atoms with Gasteiger partial charge < -0.3 is 5.32 Å². The van der Waals surface area contributed by atoms with Crippen molar-refractivity contribution in [3.8, 4) is 0 Å². The molecule has 4 aliphatic rings. The fraction of sp³-hybridized carbons (Fsp3) is 0.929. The third-order valence-electron chi connectivity index (χ3n) is 5.30. The summed E-state index contributed by atoms with van der Waals surface area (Å²) < 4.78 is 0. The molecule has 0 aromatic heterocycles. The van der Waals surface area contributed by atoms with E-state index in [1.165, 1.54) is 19.3 Å². The molecule has 0 atom stereocenters. The highest BCUT2D eigenvalue weighted by atomic mass is 16.2. The minimum Gasteiger partial charge on any atom is -0.356 e. The molecule has 1 amide bonds. The molecule has 4 aliphatic carbocycles. The van der Waals surface area contributed by atoms with Crippen molar-refractivity contribution >= 4 is 5.91 Å². The van der Waals surface area contributed by atoms with E-state index < -0.39 is 0 Å². The third-order valence-corrected chi connectivity index (χ3v) is 5.30. The summed E-state index contributed by atoms with van der Waals surface area (Å²) in [6.45, 7) is 1.11. The summed E-state index contributed by atoms with van der Waals surface area (Å²) in [5, 5.41) is 6.57. The van der Waals surface area contributed by atoms with Crippen molar-refractivity contribution in [1.82, 2.24) is 5.32 Å². The van der Waals surface area contributed by atoms with Gasteiger partial charge in [0.15, 0.2) is 0 Å². The average Bonchev–Trinajstić information content (AvgIpc) is 2.36. The molecule has 0 aromatic carbocycles. The molecular weight excluding hydrogens is 240 g/mol. The molecule has 104 valence electrons. The van der Waals surface area contributed by atoms with Crippen molar-refractivity contribution < 1.29 is 4.79 Å². The first-order valence-electron chi connectivity index (χ1n) is 7.51. The van der Waals surface area contributed by atoms with E-state index in [0.717, 1.165) is 43.4 Å². The Hall–Kier alpha value is -1.22. The number of hydrogen-bond acceptors (Lipinski definition) is 2. The van der Waals surface area contributed by atoms with Gasteiger partial charge in [-0.1, -0.05) is 5.11 Å². The molecule has 0 aliphatic heterocycles. The Labute approximate surface area is 113 Å². The van der Waals surface area contributed by atoms with Gasteiger partial charge in [-0.05, 0) is 68.2 Å². The van der Waals surface area contributed by atoms with Crippen LogP contribution in [-0.4, -0.2) is 19.0 Å². The SMILES string of the molecule is [N-]=[N+]=NCCCNC(=O)C12CC3CC(CC(C3)C1)C2. The molecule has 0 aromatic rings. The van der Waals surface area contributed by atoms with Crippen LogP contribution < -0.4 is 5.32 Å². The van der Waals surface area contributed by atoms with E-state index in [2.05, 4.69) is 15.3 Å². The number of hydrogen-bond donors (Lipinski definition) is 1. The van der Waals surface area contributed by atoms with Crippen LogP contribution in [0.5, 0.6) is 0 Å². The summed E-state index contributed by atoms with van der Waals surface area (Å²) in [4.78, 5) is 15.2. The standard InChI is InChI=1S/C14H22N4O/c15-18-17-3-1-2-16-13(19)14-7-10-4-11(8-14)6-12(5-10)9-14/h10-12H,1-9H2,(H,16,19). The van der Waals surface area contributed by atoms with Gasteiger partial charge in [0.1, 0.15) is 0 Å². The Morgan fingerprint density at radius 2 is 1.79 bits per heavy atom. The molecule has 5 nitrogen and oxygen atoms in total. The number of carbonyl (C=O) groups excluding carboxylic acids is 1. The van der Waals surface area contributed by atoms with Gasteiger partial charge in [0.25, 0.3) is 0 Å². The number of amides is 1.